The van der Waals surface area contributed by atoms with Crippen molar-refractivity contribution in [2.24, 2.45) is 0 Å². The predicted molar refractivity (Wildman–Crippen MR) is 132 cm³/mol. The molecule has 0 aliphatic heterocycles. The lowest BCUT2D eigenvalue weighted by molar-refractivity contribution is 0.0979. The molecule has 0 unspecified atom stereocenters. The van der Waals surface area contributed by atoms with Gasteiger partial charge in [0.1, 0.15) is 17.6 Å². The van der Waals surface area contributed by atoms with Gasteiger partial charge in [-0.05, 0) is 30.2 Å². The summed E-state index contributed by atoms with van der Waals surface area (Å²) < 4.78 is 1.22. The average Bonchev–Trinajstić information content (AvgIpc) is 2.86. The van der Waals surface area contributed by atoms with Crippen molar-refractivity contribution in [1.29, 1.82) is 5.26 Å². The molecule has 0 saturated carbocycles. The standard InChI is InChI=1S/C26H22N6O3/c1-17-20(14-27)12-13-21(29-17)25(34)31(15-18-8-4-2-5-9-18)22-23(28)32(26(35)30-24(22)33)16-19-10-6-3-7-11-19/h2-13H,15-16,28H2,1H3,(H,30,33,35). The second-order valence-corrected chi connectivity index (χ2v) is 7.88. The highest BCUT2D eigenvalue weighted by Crippen LogP contribution is 2.22. The van der Waals surface area contributed by atoms with Gasteiger partial charge in [-0.2, -0.15) is 5.26 Å². The molecule has 4 aromatic rings. The molecule has 0 atom stereocenters. The molecule has 0 bridgehead atoms. The van der Waals surface area contributed by atoms with Crippen LogP contribution in [-0.2, 0) is 13.1 Å². The molecule has 0 fully saturated rings. The zero-order chi connectivity index (χ0) is 24.9. The first-order valence-electron chi connectivity index (χ1n) is 10.8. The van der Waals surface area contributed by atoms with Crippen molar-refractivity contribution in [3.05, 3.63) is 122 Å². The van der Waals surface area contributed by atoms with E-state index in [-0.39, 0.29) is 30.3 Å². The number of nitrogens with zero attached hydrogens (tertiary/aromatic N) is 4. The van der Waals surface area contributed by atoms with Crippen LogP contribution in [0.1, 0.15) is 32.9 Å². The number of anilines is 2. The summed E-state index contributed by atoms with van der Waals surface area (Å²) in [7, 11) is 0. The van der Waals surface area contributed by atoms with Crippen LogP contribution in [0.25, 0.3) is 0 Å². The molecular formula is C26H22N6O3. The summed E-state index contributed by atoms with van der Waals surface area (Å²) in [5, 5.41) is 9.20. The van der Waals surface area contributed by atoms with Crippen molar-refractivity contribution >= 4 is 17.4 Å². The van der Waals surface area contributed by atoms with Crippen LogP contribution in [0.3, 0.4) is 0 Å². The summed E-state index contributed by atoms with van der Waals surface area (Å²) in [5.41, 5.74) is 7.04. The average molecular weight is 467 g/mol. The molecule has 9 heteroatoms. The molecule has 0 aliphatic carbocycles. The number of carbonyl (C=O) groups is 1. The van der Waals surface area contributed by atoms with Crippen LogP contribution in [0.5, 0.6) is 0 Å². The lowest BCUT2D eigenvalue weighted by Crippen LogP contribution is -2.41. The lowest BCUT2D eigenvalue weighted by atomic mass is 10.1. The minimum atomic E-state index is -0.786. The van der Waals surface area contributed by atoms with E-state index in [9.17, 15) is 19.6 Å². The smallest absolute Gasteiger partial charge is 0.330 e. The number of rotatable bonds is 6. The van der Waals surface area contributed by atoms with Crippen molar-refractivity contribution in [1.82, 2.24) is 14.5 Å². The van der Waals surface area contributed by atoms with Gasteiger partial charge in [0.15, 0.2) is 5.69 Å². The topological polar surface area (TPSA) is 138 Å². The van der Waals surface area contributed by atoms with E-state index in [1.807, 2.05) is 66.7 Å². The number of aromatic amines is 1. The molecule has 9 nitrogen and oxygen atoms in total. The Hall–Kier alpha value is -4.97. The molecule has 0 radical (unpaired) electrons. The van der Waals surface area contributed by atoms with Crippen molar-refractivity contribution in [2.75, 3.05) is 10.6 Å². The third-order valence-corrected chi connectivity index (χ3v) is 5.52. The number of nitrogens with one attached hydrogen (secondary N) is 1. The third kappa shape index (κ3) is 4.86. The first-order chi connectivity index (χ1) is 16.9. The van der Waals surface area contributed by atoms with E-state index >= 15 is 0 Å². The summed E-state index contributed by atoms with van der Waals surface area (Å²) >= 11 is 0. The Morgan fingerprint density at radius 2 is 1.66 bits per heavy atom. The van der Waals surface area contributed by atoms with E-state index in [0.717, 1.165) is 11.1 Å². The first-order valence-corrected chi connectivity index (χ1v) is 10.8. The van der Waals surface area contributed by atoms with Crippen molar-refractivity contribution in [3.8, 4) is 6.07 Å². The number of nitrogen functional groups attached to an aromatic ring is 1. The number of amides is 1. The molecule has 2 aromatic heterocycles. The number of benzene rings is 2. The van der Waals surface area contributed by atoms with Crippen LogP contribution in [0, 0.1) is 18.3 Å². The molecule has 4 rings (SSSR count). The van der Waals surface area contributed by atoms with E-state index in [0.29, 0.717) is 11.3 Å². The maximum Gasteiger partial charge on any atom is 0.330 e. The third-order valence-electron chi connectivity index (χ3n) is 5.52. The molecule has 3 N–H and O–H groups in total. The second-order valence-electron chi connectivity index (χ2n) is 7.88. The van der Waals surface area contributed by atoms with Crippen LogP contribution in [-0.4, -0.2) is 20.4 Å². The maximum atomic E-state index is 13.6. The fourth-order valence-electron chi connectivity index (χ4n) is 3.72. The van der Waals surface area contributed by atoms with E-state index in [1.165, 1.54) is 21.6 Å². The van der Waals surface area contributed by atoms with Gasteiger partial charge in [0.25, 0.3) is 11.5 Å². The van der Waals surface area contributed by atoms with Crippen LogP contribution in [0.15, 0.2) is 82.4 Å². The van der Waals surface area contributed by atoms with Gasteiger partial charge in [0.05, 0.1) is 24.3 Å². The Labute approximate surface area is 200 Å². The van der Waals surface area contributed by atoms with Crippen LogP contribution in [0.2, 0.25) is 0 Å². The number of H-pyrrole nitrogens is 1. The minimum absolute atomic E-state index is 0.0111. The van der Waals surface area contributed by atoms with Gasteiger partial charge in [-0.3, -0.25) is 24.0 Å². The van der Waals surface area contributed by atoms with E-state index in [4.69, 9.17) is 5.73 Å². The van der Waals surface area contributed by atoms with Gasteiger partial charge in [-0.25, -0.2) is 9.78 Å². The number of aromatic nitrogens is 3. The number of hydrogen-bond donors (Lipinski definition) is 2. The SMILES string of the molecule is Cc1nc(C(=O)N(Cc2ccccc2)c2c(N)n(Cc3ccccc3)c(=O)[nH]c2=O)ccc1C#N. The molecule has 1 amide bonds. The van der Waals surface area contributed by atoms with Crippen molar-refractivity contribution in [3.63, 3.8) is 0 Å². The summed E-state index contributed by atoms with van der Waals surface area (Å²) in [5.74, 6) is -0.735. The quantitative estimate of drug-likeness (QED) is 0.448. The van der Waals surface area contributed by atoms with E-state index < -0.39 is 17.2 Å². The van der Waals surface area contributed by atoms with Gasteiger partial charge in [0, 0.05) is 0 Å². The van der Waals surface area contributed by atoms with Crippen LogP contribution >= 0.6 is 0 Å². The van der Waals surface area contributed by atoms with Crippen molar-refractivity contribution < 1.29 is 4.79 Å². The Morgan fingerprint density at radius 1 is 1.03 bits per heavy atom. The maximum absolute atomic E-state index is 13.6. The largest absolute Gasteiger partial charge is 0.383 e. The highest BCUT2D eigenvalue weighted by Gasteiger charge is 2.27. The first kappa shape index (κ1) is 23.2. The van der Waals surface area contributed by atoms with Gasteiger partial charge in [-0.1, -0.05) is 60.7 Å². The Morgan fingerprint density at radius 3 is 2.26 bits per heavy atom. The van der Waals surface area contributed by atoms with Gasteiger partial charge >= 0.3 is 5.69 Å². The fraction of sp³-hybridized carbons (Fsp3) is 0.115. The number of pyridine rings is 1. The van der Waals surface area contributed by atoms with Gasteiger partial charge in [-0.15, -0.1) is 0 Å². The summed E-state index contributed by atoms with van der Waals surface area (Å²) in [6.45, 7) is 1.74. The number of nitriles is 1. The highest BCUT2D eigenvalue weighted by molar-refractivity contribution is 6.06. The number of nitrogens with two attached hydrogens (primary N) is 1. The number of carbonyl (C=O) groups excluding carboxylic acids is 1. The molecule has 35 heavy (non-hydrogen) atoms. The zero-order valence-corrected chi connectivity index (χ0v) is 18.9. The van der Waals surface area contributed by atoms with Gasteiger partial charge in [0.2, 0.25) is 0 Å². The summed E-state index contributed by atoms with van der Waals surface area (Å²) in [6, 6.07) is 23.2. The normalized spacial score (nSPS) is 10.5. The second kappa shape index (κ2) is 9.89. The van der Waals surface area contributed by atoms with Crippen molar-refractivity contribution in [2.45, 2.75) is 20.0 Å². The lowest BCUT2D eigenvalue weighted by Gasteiger charge is -2.24. The Balaban J connectivity index is 1.86. The molecular weight excluding hydrogens is 444 g/mol. The molecule has 2 heterocycles. The molecule has 2 aromatic carbocycles. The highest BCUT2D eigenvalue weighted by atomic mass is 16.2. The molecule has 174 valence electrons. The Kier molecular flexibility index (Phi) is 6.55. The Bertz CT molecular complexity index is 1540. The monoisotopic (exact) mass is 466 g/mol. The van der Waals surface area contributed by atoms with E-state index in [2.05, 4.69) is 9.97 Å². The molecule has 0 aliphatic rings. The number of hydrogen-bond acceptors (Lipinski definition) is 6. The minimum Gasteiger partial charge on any atom is -0.383 e. The van der Waals surface area contributed by atoms with E-state index in [1.54, 1.807) is 6.92 Å². The number of aryl methyl sites for hydroxylation is 1. The predicted octanol–water partition coefficient (Wildman–Crippen LogP) is 2.59. The van der Waals surface area contributed by atoms with Crippen LogP contribution in [0.4, 0.5) is 11.5 Å². The van der Waals surface area contributed by atoms with Gasteiger partial charge < -0.3 is 5.73 Å². The molecule has 0 spiro atoms. The summed E-state index contributed by atoms with van der Waals surface area (Å²) in [4.78, 5) is 47.0. The fourth-order valence-corrected chi connectivity index (χ4v) is 3.72. The summed E-state index contributed by atoms with van der Waals surface area (Å²) in [6.07, 6.45) is 0. The molecule has 0 saturated heterocycles. The zero-order valence-electron chi connectivity index (χ0n) is 18.9. The van der Waals surface area contributed by atoms with Crippen LogP contribution < -0.4 is 21.9 Å².